The van der Waals surface area contributed by atoms with Gasteiger partial charge in [-0.2, -0.15) is 0 Å². The third kappa shape index (κ3) is 6.55. The molecule has 4 aliphatic heterocycles. The molecule has 4 aliphatic rings. The van der Waals surface area contributed by atoms with Crippen molar-refractivity contribution in [1.82, 2.24) is 35.4 Å². The van der Waals surface area contributed by atoms with E-state index in [-0.39, 0.29) is 59.4 Å². The van der Waals surface area contributed by atoms with Gasteiger partial charge in [0.15, 0.2) is 0 Å². The van der Waals surface area contributed by atoms with Gasteiger partial charge in [-0.15, -0.1) is 0 Å². The van der Waals surface area contributed by atoms with Crippen molar-refractivity contribution in [3.8, 4) is 0 Å². The molecule has 2 fully saturated rings. The number of aromatic nitrogens is 3. The maximum absolute atomic E-state index is 15.4. The molecule has 0 radical (unpaired) electrons. The van der Waals surface area contributed by atoms with Gasteiger partial charge in [0.25, 0.3) is 23.3 Å². The summed E-state index contributed by atoms with van der Waals surface area (Å²) >= 11 is 0. The number of amides is 5. The summed E-state index contributed by atoms with van der Waals surface area (Å²) < 4.78 is 15.4. The number of hydrogen-bond donors (Lipinski definition) is 3. The minimum absolute atomic E-state index is 0.00465. The van der Waals surface area contributed by atoms with E-state index in [1.165, 1.54) is 6.07 Å². The normalized spacial score (nSPS) is 20.4. The van der Waals surface area contributed by atoms with Crippen molar-refractivity contribution in [1.29, 1.82) is 0 Å². The topological polar surface area (TPSA) is 178 Å². The van der Waals surface area contributed by atoms with Crippen LogP contribution in [0.4, 0.5) is 10.1 Å². The smallest absolute Gasteiger partial charge is 0.270 e. The Balaban J connectivity index is 0.862. The Labute approximate surface area is 308 Å². The van der Waals surface area contributed by atoms with Crippen LogP contribution in [0.5, 0.6) is 0 Å². The maximum Gasteiger partial charge on any atom is 0.270 e. The zero-order valence-electron chi connectivity index (χ0n) is 29.5. The van der Waals surface area contributed by atoms with Gasteiger partial charge >= 0.3 is 0 Å². The molecular weight excluding hydrogens is 695 g/mol. The zero-order chi connectivity index (χ0) is 37.7. The molecule has 1 unspecified atom stereocenters. The van der Waals surface area contributed by atoms with Crippen molar-refractivity contribution in [3.63, 3.8) is 0 Å². The molecule has 1 aromatic carbocycles. The molecule has 0 saturated carbocycles. The SMILES string of the molecule is CCc1cc2ncc(CN3CC=C(c4ccc(C(=O)N[C@H]5CCN(c6cc7c(cc6F)C(=O)N(C6CCC(=O)NC6=O)C7=O)C5)nc4)CC3)cc2[nH]c1=O. The van der Waals surface area contributed by atoms with Gasteiger partial charge in [-0.3, -0.25) is 53.9 Å². The van der Waals surface area contributed by atoms with Gasteiger partial charge in [0.2, 0.25) is 11.8 Å². The van der Waals surface area contributed by atoms with E-state index in [2.05, 4.69) is 36.6 Å². The Morgan fingerprint density at radius 2 is 1.78 bits per heavy atom. The van der Waals surface area contributed by atoms with Gasteiger partial charge in [0.05, 0.1) is 27.8 Å². The molecule has 2 atom stereocenters. The number of halogens is 1. The van der Waals surface area contributed by atoms with Crippen LogP contribution in [0.25, 0.3) is 16.6 Å². The fourth-order valence-corrected chi connectivity index (χ4v) is 7.69. The predicted molar refractivity (Wildman–Crippen MR) is 195 cm³/mol. The maximum atomic E-state index is 15.4. The summed E-state index contributed by atoms with van der Waals surface area (Å²) in [5, 5.41) is 5.12. The number of nitrogens with zero attached hydrogens (tertiary/aromatic N) is 5. The number of rotatable bonds is 8. The van der Waals surface area contributed by atoms with E-state index in [1.807, 2.05) is 31.3 Å². The van der Waals surface area contributed by atoms with E-state index in [0.29, 0.717) is 25.9 Å². The fraction of sp³-hybridized carbons (Fsp3) is 0.333. The van der Waals surface area contributed by atoms with Crippen molar-refractivity contribution in [2.45, 2.75) is 57.7 Å². The Morgan fingerprint density at radius 1 is 0.963 bits per heavy atom. The van der Waals surface area contributed by atoms with Gasteiger partial charge in [-0.05, 0) is 72.7 Å². The Bertz CT molecular complexity index is 2340. The van der Waals surface area contributed by atoms with Crippen LogP contribution in [0.2, 0.25) is 0 Å². The number of hydrogen-bond acceptors (Lipinski definition) is 10. The Morgan fingerprint density at radius 3 is 2.50 bits per heavy atom. The van der Waals surface area contributed by atoms with Gasteiger partial charge in [0, 0.05) is 63.1 Å². The number of anilines is 1. The number of carbonyl (C=O) groups excluding carboxylic acids is 5. The highest BCUT2D eigenvalue weighted by atomic mass is 19.1. The predicted octanol–water partition coefficient (Wildman–Crippen LogP) is 2.72. The first-order valence-corrected chi connectivity index (χ1v) is 18.1. The monoisotopic (exact) mass is 732 g/mol. The molecule has 3 N–H and O–H groups in total. The summed E-state index contributed by atoms with van der Waals surface area (Å²) in [5.74, 6) is -3.76. The summed E-state index contributed by atoms with van der Waals surface area (Å²) in [5.41, 5.74) is 5.47. The van der Waals surface area contributed by atoms with Crippen molar-refractivity contribution in [3.05, 3.63) is 105 Å². The second-order valence-electron chi connectivity index (χ2n) is 14.1. The Kier molecular flexibility index (Phi) is 9.09. The molecule has 7 heterocycles. The standard InChI is InChI=1S/C39H37FN8O6/c1-2-22-14-30-31(44-35(22)50)13-21(17-41-30)19-46-10-7-23(8-11-46)24-3-4-29(42-18-24)36(51)43-25-9-12-47(20-25)33-16-27-26(15-28(33)40)38(53)48(39(27)54)32-5-6-34(49)45-37(32)52/h3-4,7,13-18,25,32H,2,5-6,8-12,19-20H2,1H3,(H,43,51)(H,44,50)(H,45,49,52)/t25-,32?/m0/s1. The van der Waals surface area contributed by atoms with Crippen LogP contribution in [-0.4, -0.2) is 92.6 Å². The lowest BCUT2D eigenvalue weighted by atomic mass is 10.0. The largest absolute Gasteiger partial charge is 0.367 e. The first-order valence-electron chi connectivity index (χ1n) is 18.1. The van der Waals surface area contributed by atoms with Crippen LogP contribution in [0.15, 0.2) is 59.7 Å². The first-order chi connectivity index (χ1) is 26.1. The molecular formula is C39H37FN8O6. The second kappa shape index (κ2) is 14.0. The van der Waals surface area contributed by atoms with Crippen molar-refractivity contribution < 1.29 is 28.4 Å². The molecule has 54 heavy (non-hydrogen) atoms. The number of piperidine rings is 1. The van der Waals surface area contributed by atoms with Crippen molar-refractivity contribution in [2.75, 3.05) is 31.1 Å². The third-order valence-corrected chi connectivity index (χ3v) is 10.6. The minimum Gasteiger partial charge on any atom is -0.367 e. The lowest BCUT2D eigenvalue weighted by molar-refractivity contribution is -0.136. The molecule has 4 aromatic rings. The van der Waals surface area contributed by atoms with E-state index < -0.39 is 35.5 Å². The van der Waals surface area contributed by atoms with E-state index in [1.54, 1.807) is 17.2 Å². The molecule has 5 amide bonds. The van der Waals surface area contributed by atoms with E-state index in [4.69, 9.17) is 0 Å². The Hall–Kier alpha value is -6.09. The number of pyridine rings is 3. The molecule has 3 aromatic heterocycles. The van der Waals surface area contributed by atoms with E-state index >= 15 is 4.39 Å². The summed E-state index contributed by atoms with van der Waals surface area (Å²) in [4.78, 5) is 92.5. The van der Waals surface area contributed by atoms with Gasteiger partial charge < -0.3 is 15.2 Å². The molecule has 0 bridgehead atoms. The number of fused-ring (bicyclic) bond motifs is 2. The average molecular weight is 733 g/mol. The highest BCUT2D eigenvalue weighted by Crippen LogP contribution is 2.34. The first kappa shape index (κ1) is 35.0. The van der Waals surface area contributed by atoms with Gasteiger partial charge in [-0.25, -0.2) is 4.39 Å². The van der Waals surface area contributed by atoms with Gasteiger partial charge in [-0.1, -0.05) is 19.1 Å². The van der Waals surface area contributed by atoms with E-state index in [9.17, 15) is 28.8 Å². The highest BCUT2D eigenvalue weighted by molar-refractivity contribution is 6.23. The van der Waals surface area contributed by atoms with Crippen molar-refractivity contribution >= 4 is 51.8 Å². The van der Waals surface area contributed by atoms with Gasteiger partial charge in [0.1, 0.15) is 17.6 Å². The molecule has 14 nitrogen and oxygen atoms in total. The minimum atomic E-state index is -1.14. The van der Waals surface area contributed by atoms with Crippen LogP contribution in [0.1, 0.15) is 80.5 Å². The number of H-pyrrole nitrogens is 1. The summed E-state index contributed by atoms with van der Waals surface area (Å²) in [7, 11) is 0. The number of aromatic amines is 1. The number of nitrogens with one attached hydrogen (secondary N) is 3. The van der Waals surface area contributed by atoms with Crippen LogP contribution in [0.3, 0.4) is 0 Å². The quantitative estimate of drug-likeness (QED) is 0.228. The average Bonchev–Trinajstić information content (AvgIpc) is 3.72. The van der Waals surface area contributed by atoms with Crippen LogP contribution in [-0.2, 0) is 22.6 Å². The number of aryl methyl sites for hydroxylation is 1. The molecule has 0 spiro atoms. The summed E-state index contributed by atoms with van der Waals surface area (Å²) in [6.07, 6.45) is 7.67. The van der Waals surface area contributed by atoms with Crippen molar-refractivity contribution in [2.24, 2.45) is 0 Å². The third-order valence-electron chi connectivity index (χ3n) is 10.6. The molecule has 2 saturated heterocycles. The molecule has 8 rings (SSSR count). The highest BCUT2D eigenvalue weighted by Gasteiger charge is 2.45. The zero-order valence-corrected chi connectivity index (χ0v) is 29.5. The molecule has 276 valence electrons. The van der Waals surface area contributed by atoms with Crippen LogP contribution in [0, 0.1) is 5.82 Å². The number of imide groups is 2. The van der Waals surface area contributed by atoms with Crippen LogP contribution < -0.4 is 21.1 Å². The second-order valence-corrected chi connectivity index (χ2v) is 14.1. The summed E-state index contributed by atoms with van der Waals surface area (Å²) in [6.45, 7) is 4.86. The van der Waals surface area contributed by atoms with E-state index in [0.717, 1.165) is 63.8 Å². The molecule has 0 aliphatic carbocycles. The number of carbonyl (C=O) groups is 5. The molecule has 15 heteroatoms. The lowest BCUT2D eigenvalue weighted by Gasteiger charge is -2.27. The number of benzene rings is 1. The fourth-order valence-electron chi connectivity index (χ4n) is 7.69. The lowest BCUT2D eigenvalue weighted by Crippen LogP contribution is -2.54. The summed E-state index contributed by atoms with van der Waals surface area (Å²) in [6, 6.07) is 8.28. The van der Waals surface area contributed by atoms with Crippen LogP contribution >= 0.6 is 0 Å².